The smallest absolute Gasteiger partial charge is 0.143 e. The highest BCUT2D eigenvalue weighted by Gasteiger charge is 2.26. The molecule has 1 aliphatic rings. The first kappa shape index (κ1) is 29.4. The Bertz CT molecular complexity index is 2770. The van der Waals surface area contributed by atoms with E-state index in [0.29, 0.717) is 0 Å². The van der Waals surface area contributed by atoms with Crippen molar-refractivity contribution in [2.24, 2.45) is 4.99 Å². The molecule has 2 atom stereocenters. The highest BCUT2D eigenvalue weighted by Crippen LogP contribution is 2.41. The number of nitrogens with one attached hydrogen (secondary N) is 2. The van der Waals surface area contributed by atoms with Crippen LogP contribution in [-0.4, -0.2) is 5.84 Å². The van der Waals surface area contributed by atoms with Crippen LogP contribution in [0.5, 0.6) is 0 Å². The van der Waals surface area contributed by atoms with E-state index in [9.17, 15) is 0 Å². The second-order valence-corrected chi connectivity index (χ2v) is 13.2. The van der Waals surface area contributed by atoms with E-state index in [1.54, 1.807) is 0 Å². The highest BCUT2D eigenvalue weighted by atomic mass is 16.3. The minimum atomic E-state index is -0.269. The van der Waals surface area contributed by atoms with Crippen LogP contribution in [0.3, 0.4) is 0 Å². The topological polar surface area (TPSA) is 49.6 Å². The Morgan fingerprint density at radius 2 is 1.16 bits per heavy atom. The summed E-state index contributed by atoms with van der Waals surface area (Å²) >= 11 is 0. The van der Waals surface area contributed by atoms with Gasteiger partial charge in [-0.2, -0.15) is 0 Å². The number of hydrogen-bond donors (Lipinski definition) is 2. The van der Waals surface area contributed by atoms with E-state index >= 15 is 0 Å². The van der Waals surface area contributed by atoms with Crippen LogP contribution in [0, 0.1) is 0 Å². The Hall–Kier alpha value is -6.49. The molecule has 4 heteroatoms. The molecule has 4 nitrogen and oxygen atoms in total. The third-order valence-corrected chi connectivity index (χ3v) is 10.1. The summed E-state index contributed by atoms with van der Waals surface area (Å²) in [6.45, 7) is 0. The standard InChI is InChI=1S/C47H33N3O/c1-3-13-31(14-4-1)45-48-46(32-15-5-2-6-16-32)50-47(49-45)37-24-25-39-42-29-41(38-20-9-10-21-40(38)44(42)51-43(39)28-37)36-19-11-18-34(27-36)35-23-22-30-12-7-8-17-33(30)26-35/h1-29,45,47,49H,(H,48,50). The van der Waals surface area contributed by atoms with Crippen molar-refractivity contribution >= 4 is 49.3 Å². The summed E-state index contributed by atoms with van der Waals surface area (Å²) in [6.07, 6.45) is -0.374. The average molecular weight is 656 g/mol. The Labute approximate surface area is 295 Å². The molecular formula is C47H33N3O. The van der Waals surface area contributed by atoms with Crippen LogP contribution >= 0.6 is 0 Å². The zero-order valence-corrected chi connectivity index (χ0v) is 27.8. The van der Waals surface area contributed by atoms with Crippen molar-refractivity contribution in [2.75, 3.05) is 0 Å². The molecule has 1 aromatic heterocycles. The van der Waals surface area contributed by atoms with Gasteiger partial charge in [0.15, 0.2) is 0 Å². The van der Waals surface area contributed by atoms with Crippen molar-refractivity contribution in [2.45, 2.75) is 12.3 Å². The predicted octanol–water partition coefficient (Wildman–Crippen LogP) is 11.6. The van der Waals surface area contributed by atoms with Gasteiger partial charge < -0.3 is 9.73 Å². The molecule has 0 aliphatic carbocycles. The number of hydrogen-bond acceptors (Lipinski definition) is 4. The molecule has 0 saturated heterocycles. The lowest BCUT2D eigenvalue weighted by atomic mass is 9.93. The Morgan fingerprint density at radius 3 is 2.02 bits per heavy atom. The first-order valence-corrected chi connectivity index (χ1v) is 17.4. The van der Waals surface area contributed by atoms with E-state index in [2.05, 4.69) is 162 Å². The zero-order chi connectivity index (χ0) is 33.7. The lowest BCUT2D eigenvalue weighted by molar-refractivity contribution is 0.409. The summed E-state index contributed by atoms with van der Waals surface area (Å²) in [4.78, 5) is 5.17. The second kappa shape index (κ2) is 12.1. The molecule has 2 heterocycles. The minimum absolute atomic E-state index is 0.104. The largest absolute Gasteiger partial charge is 0.455 e. The summed E-state index contributed by atoms with van der Waals surface area (Å²) in [5.74, 6) is 0.861. The molecule has 2 N–H and O–H groups in total. The minimum Gasteiger partial charge on any atom is -0.455 e. The molecule has 9 aromatic rings. The maximum atomic E-state index is 6.75. The normalized spacial score (nSPS) is 16.0. The van der Waals surface area contributed by atoms with Crippen molar-refractivity contribution in [1.29, 1.82) is 0 Å². The van der Waals surface area contributed by atoms with Crippen LogP contribution in [0.25, 0.3) is 65.7 Å². The van der Waals surface area contributed by atoms with Gasteiger partial charge in [-0.3, -0.25) is 5.32 Å². The van der Waals surface area contributed by atoms with Gasteiger partial charge in [0.05, 0.1) is 0 Å². The lowest BCUT2D eigenvalue weighted by Gasteiger charge is -2.32. The quantitative estimate of drug-likeness (QED) is 0.194. The van der Waals surface area contributed by atoms with Gasteiger partial charge in [0.1, 0.15) is 29.3 Å². The molecule has 8 aromatic carbocycles. The first-order valence-electron chi connectivity index (χ1n) is 17.4. The van der Waals surface area contributed by atoms with E-state index in [1.165, 1.54) is 38.4 Å². The number of furan rings is 1. The van der Waals surface area contributed by atoms with Gasteiger partial charge in [-0.1, -0.05) is 152 Å². The molecule has 0 fully saturated rings. The molecule has 0 bridgehead atoms. The highest BCUT2D eigenvalue weighted by molar-refractivity contribution is 6.19. The van der Waals surface area contributed by atoms with Crippen molar-refractivity contribution < 1.29 is 4.42 Å². The van der Waals surface area contributed by atoms with E-state index in [4.69, 9.17) is 9.41 Å². The fraction of sp³-hybridized carbons (Fsp3) is 0.0426. The van der Waals surface area contributed by atoms with Gasteiger partial charge in [-0.05, 0) is 73.8 Å². The number of benzene rings is 8. The summed E-state index contributed by atoms with van der Waals surface area (Å²) in [6, 6.07) is 62.3. The third kappa shape index (κ3) is 5.25. The molecule has 242 valence electrons. The maximum Gasteiger partial charge on any atom is 0.143 e. The molecular weight excluding hydrogens is 623 g/mol. The van der Waals surface area contributed by atoms with Crippen LogP contribution in [0.1, 0.15) is 29.0 Å². The van der Waals surface area contributed by atoms with Crippen molar-refractivity contribution in [3.8, 4) is 22.3 Å². The van der Waals surface area contributed by atoms with Gasteiger partial charge in [0, 0.05) is 21.7 Å². The van der Waals surface area contributed by atoms with Crippen LogP contribution in [0.4, 0.5) is 0 Å². The SMILES string of the molecule is c1ccc(C2=NC(c3ccc4c(c3)oc3c5ccccc5c(-c5cccc(-c6ccc7ccccc7c6)c5)cc43)NC(c3ccccc3)N2)cc1. The number of fused-ring (bicyclic) bond motifs is 6. The Kier molecular flexibility index (Phi) is 7.00. The fourth-order valence-electron chi connectivity index (χ4n) is 7.55. The van der Waals surface area contributed by atoms with Gasteiger partial charge >= 0.3 is 0 Å². The van der Waals surface area contributed by atoms with E-state index in [0.717, 1.165) is 49.9 Å². The zero-order valence-electron chi connectivity index (χ0n) is 27.8. The van der Waals surface area contributed by atoms with Crippen molar-refractivity contribution in [1.82, 2.24) is 10.6 Å². The van der Waals surface area contributed by atoms with Crippen LogP contribution in [-0.2, 0) is 0 Å². The predicted molar refractivity (Wildman–Crippen MR) is 211 cm³/mol. The number of rotatable bonds is 5. The van der Waals surface area contributed by atoms with Crippen molar-refractivity contribution in [3.63, 3.8) is 0 Å². The Balaban J connectivity index is 1.08. The van der Waals surface area contributed by atoms with Gasteiger partial charge in [0.2, 0.25) is 0 Å². The lowest BCUT2D eigenvalue weighted by Crippen LogP contribution is -2.44. The van der Waals surface area contributed by atoms with Gasteiger partial charge in [-0.25, -0.2) is 4.99 Å². The van der Waals surface area contributed by atoms with Gasteiger partial charge in [-0.15, -0.1) is 0 Å². The van der Waals surface area contributed by atoms with Crippen LogP contribution < -0.4 is 10.6 Å². The number of amidine groups is 1. The van der Waals surface area contributed by atoms with E-state index in [1.807, 2.05) is 24.3 Å². The molecule has 0 radical (unpaired) electrons. The summed E-state index contributed by atoms with van der Waals surface area (Å²) < 4.78 is 6.75. The maximum absolute atomic E-state index is 6.75. The van der Waals surface area contributed by atoms with Crippen LogP contribution in [0.15, 0.2) is 185 Å². The first-order chi connectivity index (χ1) is 25.2. The average Bonchev–Trinajstić information content (AvgIpc) is 3.59. The molecule has 51 heavy (non-hydrogen) atoms. The molecule has 0 saturated carbocycles. The summed E-state index contributed by atoms with van der Waals surface area (Å²) in [5, 5.41) is 14.3. The summed E-state index contributed by atoms with van der Waals surface area (Å²) in [5.41, 5.74) is 9.78. The summed E-state index contributed by atoms with van der Waals surface area (Å²) in [7, 11) is 0. The molecule has 1 aliphatic heterocycles. The van der Waals surface area contributed by atoms with E-state index in [-0.39, 0.29) is 12.3 Å². The van der Waals surface area contributed by atoms with Crippen molar-refractivity contribution in [3.05, 3.63) is 193 Å². The Morgan fingerprint density at radius 1 is 0.451 bits per heavy atom. The van der Waals surface area contributed by atoms with E-state index < -0.39 is 0 Å². The third-order valence-electron chi connectivity index (χ3n) is 10.1. The number of aliphatic imine (C=N–C) groups is 1. The fourth-order valence-corrected chi connectivity index (χ4v) is 7.55. The molecule has 10 rings (SSSR count). The van der Waals surface area contributed by atoms with Gasteiger partial charge in [0.25, 0.3) is 0 Å². The monoisotopic (exact) mass is 655 g/mol. The number of nitrogens with zero attached hydrogens (tertiary/aromatic N) is 1. The molecule has 2 unspecified atom stereocenters. The molecule has 0 spiro atoms. The molecule has 0 amide bonds. The van der Waals surface area contributed by atoms with Crippen LogP contribution in [0.2, 0.25) is 0 Å². The second-order valence-electron chi connectivity index (χ2n) is 13.2.